The highest BCUT2D eigenvalue weighted by Gasteiger charge is 2.45. The van der Waals surface area contributed by atoms with E-state index < -0.39 is 0 Å². The molecule has 0 saturated heterocycles. The van der Waals surface area contributed by atoms with Crippen LogP contribution in [0, 0.1) is 0 Å². The van der Waals surface area contributed by atoms with Crippen molar-refractivity contribution in [2.75, 3.05) is 0 Å². The zero-order chi connectivity index (χ0) is 62.6. The van der Waals surface area contributed by atoms with Gasteiger partial charge in [0.1, 0.15) is 0 Å². The molecular weight excluding hydrogens is 1090 g/mol. The molecule has 2 aliphatic carbocycles. The molecule has 0 nitrogen and oxygen atoms in total. The van der Waals surface area contributed by atoms with Crippen LogP contribution in [0.3, 0.4) is 0 Å². The maximum Gasteiger partial charge on any atom is 0.0158 e. The summed E-state index contributed by atoms with van der Waals surface area (Å²) in [7, 11) is 0. The summed E-state index contributed by atoms with van der Waals surface area (Å²) in [5.41, 5.74) is 14.4. The summed E-state index contributed by atoms with van der Waals surface area (Å²) in [6, 6.07) is 128. The molecule has 0 heterocycles. The van der Waals surface area contributed by atoms with Crippen LogP contribution in [0.1, 0.15) is 63.8 Å². The Morgan fingerprint density at radius 2 is 0.374 bits per heavy atom. The molecule has 16 aromatic rings. The second kappa shape index (κ2) is 27.4. The summed E-state index contributed by atoms with van der Waals surface area (Å²) >= 11 is 0. The van der Waals surface area contributed by atoms with Crippen LogP contribution in [0.15, 0.2) is 364 Å². The van der Waals surface area contributed by atoms with Crippen LogP contribution in [0.5, 0.6) is 0 Å². The van der Waals surface area contributed by atoms with Gasteiger partial charge in [-0.25, -0.2) is 0 Å². The minimum atomic E-state index is 0.151. The highest BCUT2D eigenvalue weighted by molar-refractivity contribution is 6.22. The van der Waals surface area contributed by atoms with Crippen molar-refractivity contribution in [1.29, 1.82) is 0 Å². The Labute approximate surface area is 538 Å². The molecule has 0 unspecified atom stereocenters. The monoisotopic (exact) mass is 1170 g/mol. The van der Waals surface area contributed by atoms with E-state index in [0.29, 0.717) is 0 Å². The predicted molar refractivity (Wildman–Crippen MR) is 396 cm³/mol. The molecule has 16 aromatic carbocycles. The fourth-order valence-corrected chi connectivity index (χ4v) is 13.2. The van der Waals surface area contributed by atoms with Crippen molar-refractivity contribution >= 4 is 64.6 Å². The van der Waals surface area contributed by atoms with E-state index >= 15 is 0 Å². The van der Waals surface area contributed by atoms with E-state index in [9.17, 15) is 0 Å². The van der Waals surface area contributed by atoms with Gasteiger partial charge in [0.15, 0.2) is 0 Å². The summed E-state index contributed by atoms with van der Waals surface area (Å²) in [6.45, 7) is 14.1. The first kappa shape index (κ1) is 60.6. The van der Waals surface area contributed by atoms with Crippen molar-refractivity contribution in [3.8, 4) is 33.4 Å². The third kappa shape index (κ3) is 13.1. The van der Waals surface area contributed by atoms with Gasteiger partial charge in [-0.3, -0.25) is 0 Å². The lowest BCUT2D eigenvalue weighted by Crippen LogP contribution is -2.43. The van der Waals surface area contributed by atoms with Crippen LogP contribution in [-0.2, 0) is 16.2 Å². The van der Waals surface area contributed by atoms with Crippen LogP contribution in [0.2, 0.25) is 0 Å². The molecule has 0 spiro atoms. The van der Waals surface area contributed by atoms with Crippen molar-refractivity contribution in [2.45, 2.75) is 57.8 Å². The number of hydrogen-bond donors (Lipinski definition) is 0. The fourth-order valence-electron chi connectivity index (χ4n) is 13.2. The average Bonchev–Trinajstić information content (AvgIpc) is 1.06. The van der Waals surface area contributed by atoms with Crippen LogP contribution >= 0.6 is 0 Å². The van der Waals surface area contributed by atoms with Gasteiger partial charge in [-0.1, -0.05) is 393 Å². The normalized spacial score (nSPS) is 13.0. The van der Waals surface area contributed by atoms with E-state index in [-0.39, 0.29) is 16.2 Å². The minimum absolute atomic E-state index is 0.151. The third-order valence-corrected chi connectivity index (χ3v) is 18.8. The lowest BCUT2D eigenvalue weighted by Gasteiger charge is -2.48. The Hall–Kier alpha value is -10.7. The molecule has 442 valence electrons. The molecule has 0 aliphatic heterocycles. The Morgan fingerprint density at radius 1 is 0.165 bits per heavy atom. The first-order valence-corrected chi connectivity index (χ1v) is 31.9. The van der Waals surface area contributed by atoms with E-state index in [0.717, 1.165) is 0 Å². The molecular formula is C91H78. The molecule has 18 rings (SSSR count). The zero-order valence-corrected chi connectivity index (χ0v) is 53.1. The molecule has 0 atom stereocenters. The minimum Gasteiger partial charge on any atom is -0.0623 e. The maximum absolute atomic E-state index is 2.36. The number of benzene rings is 16. The van der Waals surface area contributed by atoms with Gasteiger partial charge in [-0.15, -0.1) is 0 Å². The molecule has 0 N–H and O–H groups in total. The molecule has 2 aliphatic rings. The van der Waals surface area contributed by atoms with E-state index in [2.05, 4.69) is 357 Å². The summed E-state index contributed by atoms with van der Waals surface area (Å²) in [4.78, 5) is 0. The Morgan fingerprint density at radius 3 is 0.670 bits per heavy atom. The van der Waals surface area contributed by atoms with Gasteiger partial charge in [-0.2, -0.15) is 0 Å². The van der Waals surface area contributed by atoms with Gasteiger partial charge in [0, 0.05) is 5.41 Å². The second-order valence-electron chi connectivity index (χ2n) is 25.1. The highest BCUT2D eigenvalue weighted by Crippen LogP contribution is 2.53. The van der Waals surface area contributed by atoms with Gasteiger partial charge in [0.2, 0.25) is 0 Å². The molecule has 0 radical (unpaired) electrons. The van der Waals surface area contributed by atoms with Crippen molar-refractivity contribution in [1.82, 2.24) is 0 Å². The number of rotatable bonds is 1. The first-order chi connectivity index (χ1) is 44.5. The van der Waals surface area contributed by atoms with Crippen molar-refractivity contribution in [3.05, 3.63) is 386 Å². The molecule has 0 aromatic heterocycles. The Bertz CT molecular complexity index is 4540. The van der Waals surface area contributed by atoms with Crippen molar-refractivity contribution in [2.24, 2.45) is 0 Å². The molecule has 91 heavy (non-hydrogen) atoms. The van der Waals surface area contributed by atoms with Crippen LogP contribution < -0.4 is 0 Å². The molecule has 0 saturated carbocycles. The third-order valence-electron chi connectivity index (χ3n) is 18.8. The van der Waals surface area contributed by atoms with E-state index in [1.807, 2.05) is 48.5 Å². The number of fused-ring (bicyclic) bond motifs is 9. The van der Waals surface area contributed by atoms with Crippen LogP contribution in [-0.4, -0.2) is 0 Å². The molecule has 0 fully saturated rings. The number of hydrogen-bond acceptors (Lipinski definition) is 0. The first-order valence-electron chi connectivity index (χ1n) is 31.9. The lowest BCUT2D eigenvalue weighted by molar-refractivity contribution is 0.299. The molecule has 0 bridgehead atoms. The van der Waals surface area contributed by atoms with E-state index in [1.165, 1.54) is 120 Å². The van der Waals surface area contributed by atoms with Crippen LogP contribution in [0.25, 0.3) is 98.0 Å². The standard InChI is InChI=1S/C18H20.C16H10.C15H14.C14H10.C12H10.C10H8.C6H6/c1-17(2)15-11-7-5-9-13(15)14-10-6-8-12-16(14)18(17,3)4;1-3-11-7-9-13-5-2-6-14-10-8-12(4-1)15(11)16(13)14;1-15(2)13-9-5-3-7-11(13)12-8-4-6-10-14(12)15;1-2-6-12-10-14-8-4-3-7-13(14)9-11(12)5-1;1-3-7-11(8-4-1)12-9-5-2-6-10-12;1-2-6-10-8-4-3-7-9(10)5-1;1-2-4-6-5-3-1/h5-12H,1-4H3;1-10H;3-10H,1-2H3;1-10H;1-10H;1-8H;1-6H. The summed E-state index contributed by atoms with van der Waals surface area (Å²) in [5.74, 6) is 0. The SMILES string of the molecule is CC1(C)c2ccccc2-c2ccccc21.CC1(C)c2ccccc2-c2ccccc2C1(C)C.c1cc2ccc3cccc4ccc(c1)c2c34.c1ccc(-c2ccccc2)cc1.c1ccc2cc3ccccc3cc2c1.c1ccc2ccccc2c1.c1ccccc1. The average molecular weight is 1170 g/mol. The van der Waals surface area contributed by atoms with Gasteiger partial charge < -0.3 is 0 Å². The topological polar surface area (TPSA) is 0 Å². The maximum atomic E-state index is 2.36. The van der Waals surface area contributed by atoms with Gasteiger partial charge in [0.25, 0.3) is 0 Å². The van der Waals surface area contributed by atoms with Crippen LogP contribution in [0.4, 0.5) is 0 Å². The van der Waals surface area contributed by atoms with Gasteiger partial charge in [0.05, 0.1) is 0 Å². The summed E-state index contributed by atoms with van der Waals surface area (Å²) < 4.78 is 0. The Kier molecular flexibility index (Phi) is 18.2. The fraction of sp³-hybridized carbons (Fsp3) is 0.0989. The second-order valence-corrected chi connectivity index (χ2v) is 25.1. The Balaban J connectivity index is 0.000000104. The quantitative estimate of drug-likeness (QED) is 0.114. The molecule has 0 amide bonds. The summed E-state index contributed by atoms with van der Waals surface area (Å²) in [5, 5.41) is 16.0. The summed E-state index contributed by atoms with van der Waals surface area (Å²) in [6.07, 6.45) is 0. The zero-order valence-electron chi connectivity index (χ0n) is 53.1. The molecule has 0 heteroatoms. The van der Waals surface area contributed by atoms with E-state index in [1.54, 1.807) is 0 Å². The van der Waals surface area contributed by atoms with Gasteiger partial charge >= 0.3 is 0 Å². The van der Waals surface area contributed by atoms with Crippen molar-refractivity contribution in [3.63, 3.8) is 0 Å². The smallest absolute Gasteiger partial charge is 0.0158 e. The predicted octanol–water partition coefficient (Wildman–Crippen LogP) is 25.4. The van der Waals surface area contributed by atoms with Crippen molar-refractivity contribution < 1.29 is 0 Å². The van der Waals surface area contributed by atoms with Gasteiger partial charge in [-0.05, 0) is 143 Å². The van der Waals surface area contributed by atoms with E-state index in [4.69, 9.17) is 0 Å². The highest BCUT2D eigenvalue weighted by atomic mass is 14.5. The largest absolute Gasteiger partial charge is 0.0623 e. The lowest BCUT2D eigenvalue weighted by atomic mass is 9.55.